The molecule has 0 aliphatic carbocycles. The summed E-state index contributed by atoms with van der Waals surface area (Å²) in [6.45, 7) is 1.94. The quantitative estimate of drug-likeness (QED) is 0.104. The van der Waals surface area contributed by atoms with Gasteiger partial charge in [-0.05, 0) is 78.7 Å². The minimum atomic E-state index is -0.677. The van der Waals surface area contributed by atoms with E-state index >= 15 is 0 Å². The van der Waals surface area contributed by atoms with Crippen LogP contribution in [-0.2, 0) is 9.59 Å². The number of hydrogen-bond donors (Lipinski definition) is 3. The maximum Gasteiger partial charge on any atom is 0.272 e. The molecule has 0 bridgehead atoms. The molecule has 9 heteroatoms. The first-order chi connectivity index (χ1) is 22.3. The molecule has 0 saturated heterocycles. The summed E-state index contributed by atoms with van der Waals surface area (Å²) in [5.41, 5.74) is 3.05. The van der Waals surface area contributed by atoms with Gasteiger partial charge in [0, 0.05) is 27.4 Å². The Labute approximate surface area is 275 Å². The van der Waals surface area contributed by atoms with E-state index in [1.54, 1.807) is 54.6 Å². The van der Waals surface area contributed by atoms with Crippen molar-refractivity contribution >= 4 is 58.5 Å². The SMILES string of the molecule is Cc1ccccc1NC(=O)C(Sc1ccc(NC(=O)/C(=C/c2c(F)cccc2Cl)NC(=O)c2ccccc2)cc1)c1ccccc1. The largest absolute Gasteiger partial charge is 0.325 e. The monoisotopic (exact) mass is 649 g/mol. The van der Waals surface area contributed by atoms with Crippen molar-refractivity contribution in [3.8, 4) is 0 Å². The normalized spacial score (nSPS) is 11.8. The summed E-state index contributed by atoms with van der Waals surface area (Å²) in [7, 11) is 0. The summed E-state index contributed by atoms with van der Waals surface area (Å²) in [5, 5.41) is 7.92. The molecule has 0 aliphatic heterocycles. The van der Waals surface area contributed by atoms with Crippen molar-refractivity contribution in [1.82, 2.24) is 5.32 Å². The number of hydrogen-bond acceptors (Lipinski definition) is 4. The number of aryl methyl sites for hydroxylation is 1. The molecule has 0 heterocycles. The maximum atomic E-state index is 14.6. The summed E-state index contributed by atoms with van der Waals surface area (Å²) in [5.74, 6) is -2.04. The lowest BCUT2D eigenvalue weighted by Gasteiger charge is -2.18. The lowest BCUT2D eigenvalue weighted by atomic mass is 10.1. The highest BCUT2D eigenvalue weighted by molar-refractivity contribution is 8.00. The summed E-state index contributed by atoms with van der Waals surface area (Å²) in [6.07, 6.45) is 1.20. The van der Waals surface area contributed by atoms with Gasteiger partial charge in [0.2, 0.25) is 5.91 Å². The number of para-hydroxylation sites is 1. The zero-order valence-electron chi connectivity index (χ0n) is 24.7. The summed E-state index contributed by atoms with van der Waals surface area (Å²) in [6, 6.07) is 36.5. The van der Waals surface area contributed by atoms with Crippen LogP contribution in [0.3, 0.4) is 0 Å². The van der Waals surface area contributed by atoms with Gasteiger partial charge < -0.3 is 16.0 Å². The highest BCUT2D eigenvalue weighted by Gasteiger charge is 2.23. The van der Waals surface area contributed by atoms with Crippen LogP contribution in [0.4, 0.5) is 15.8 Å². The zero-order chi connectivity index (χ0) is 32.5. The average molecular weight is 650 g/mol. The number of anilines is 2. The fourth-order valence-electron chi connectivity index (χ4n) is 4.50. The van der Waals surface area contributed by atoms with E-state index in [9.17, 15) is 18.8 Å². The summed E-state index contributed by atoms with van der Waals surface area (Å²) < 4.78 is 14.6. The number of benzene rings is 5. The number of halogens is 2. The summed E-state index contributed by atoms with van der Waals surface area (Å²) >= 11 is 7.58. The molecule has 0 aliphatic rings. The van der Waals surface area contributed by atoms with Gasteiger partial charge in [0.25, 0.3) is 11.8 Å². The minimum absolute atomic E-state index is 0.0367. The molecule has 3 N–H and O–H groups in total. The minimum Gasteiger partial charge on any atom is -0.325 e. The van der Waals surface area contributed by atoms with Gasteiger partial charge in [-0.15, -0.1) is 11.8 Å². The summed E-state index contributed by atoms with van der Waals surface area (Å²) in [4.78, 5) is 40.6. The van der Waals surface area contributed by atoms with Crippen molar-refractivity contribution in [3.05, 3.63) is 166 Å². The van der Waals surface area contributed by atoms with E-state index in [2.05, 4.69) is 16.0 Å². The number of thioether (sulfide) groups is 1. The molecule has 0 radical (unpaired) electrons. The van der Waals surface area contributed by atoms with Crippen molar-refractivity contribution in [2.24, 2.45) is 0 Å². The fourth-order valence-corrected chi connectivity index (χ4v) is 5.74. The predicted octanol–water partition coefficient (Wildman–Crippen LogP) is 8.67. The molecule has 46 heavy (non-hydrogen) atoms. The Kier molecular flexibility index (Phi) is 10.7. The molecule has 6 nitrogen and oxygen atoms in total. The second-order valence-electron chi connectivity index (χ2n) is 10.2. The zero-order valence-corrected chi connectivity index (χ0v) is 26.2. The van der Waals surface area contributed by atoms with Crippen molar-refractivity contribution in [3.63, 3.8) is 0 Å². The van der Waals surface area contributed by atoms with Crippen molar-refractivity contribution in [2.75, 3.05) is 10.6 Å². The fraction of sp³-hybridized carbons (Fsp3) is 0.0541. The van der Waals surface area contributed by atoms with Gasteiger partial charge in [-0.1, -0.05) is 84.4 Å². The van der Waals surface area contributed by atoms with Gasteiger partial charge in [-0.25, -0.2) is 4.39 Å². The predicted molar refractivity (Wildman–Crippen MR) is 183 cm³/mol. The number of carbonyl (C=O) groups excluding carboxylic acids is 3. The third-order valence-corrected chi connectivity index (χ3v) is 8.52. The third kappa shape index (κ3) is 8.29. The van der Waals surface area contributed by atoms with Crippen LogP contribution in [0.5, 0.6) is 0 Å². The van der Waals surface area contributed by atoms with Gasteiger partial charge in [-0.3, -0.25) is 14.4 Å². The van der Waals surface area contributed by atoms with E-state index in [1.165, 1.54) is 36.0 Å². The van der Waals surface area contributed by atoms with Crippen LogP contribution in [-0.4, -0.2) is 17.7 Å². The highest BCUT2D eigenvalue weighted by Crippen LogP contribution is 2.37. The molecule has 0 spiro atoms. The number of amides is 3. The highest BCUT2D eigenvalue weighted by atomic mass is 35.5. The van der Waals surface area contributed by atoms with Crippen molar-refractivity contribution in [1.29, 1.82) is 0 Å². The Balaban J connectivity index is 1.35. The Morgan fingerprint density at radius 2 is 1.41 bits per heavy atom. The number of carbonyl (C=O) groups is 3. The number of nitrogens with one attached hydrogen (secondary N) is 3. The topological polar surface area (TPSA) is 87.3 Å². The molecule has 1 atom stereocenters. The van der Waals surface area contributed by atoms with Crippen LogP contribution in [0.1, 0.15) is 32.3 Å². The second-order valence-corrected chi connectivity index (χ2v) is 11.8. The molecule has 5 aromatic rings. The van der Waals surface area contributed by atoms with Gasteiger partial charge in [0.05, 0.1) is 5.02 Å². The Morgan fingerprint density at radius 1 is 0.761 bits per heavy atom. The van der Waals surface area contributed by atoms with Crippen LogP contribution in [0, 0.1) is 12.7 Å². The van der Waals surface area contributed by atoms with E-state index in [0.717, 1.165) is 21.7 Å². The Morgan fingerprint density at radius 3 is 2.09 bits per heavy atom. The van der Waals surface area contributed by atoms with E-state index in [1.807, 2.05) is 61.5 Å². The van der Waals surface area contributed by atoms with E-state index in [4.69, 9.17) is 11.6 Å². The first kappa shape index (κ1) is 32.2. The molecule has 0 saturated carbocycles. The molecular formula is C37H29ClFN3O3S. The van der Waals surface area contributed by atoms with Crippen LogP contribution in [0.15, 0.2) is 138 Å². The Hall–Kier alpha value is -5.18. The first-order valence-electron chi connectivity index (χ1n) is 14.3. The van der Waals surface area contributed by atoms with Crippen LogP contribution in [0.2, 0.25) is 5.02 Å². The average Bonchev–Trinajstić information content (AvgIpc) is 3.07. The molecule has 3 amide bonds. The molecule has 5 rings (SSSR count). The molecule has 5 aromatic carbocycles. The van der Waals surface area contributed by atoms with Gasteiger partial charge in [-0.2, -0.15) is 0 Å². The first-order valence-corrected chi connectivity index (χ1v) is 15.6. The lowest BCUT2D eigenvalue weighted by Crippen LogP contribution is -2.30. The van der Waals surface area contributed by atoms with E-state index < -0.39 is 22.9 Å². The van der Waals surface area contributed by atoms with E-state index in [-0.39, 0.29) is 22.2 Å². The van der Waals surface area contributed by atoms with Gasteiger partial charge in [0.1, 0.15) is 16.8 Å². The van der Waals surface area contributed by atoms with Crippen LogP contribution in [0.25, 0.3) is 6.08 Å². The van der Waals surface area contributed by atoms with E-state index in [0.29, 0.717) is 11.3 Å². The standard InChI is InChI=1S/C37H29ClFN3O3S/c1-24-11-8-9-18-32(24)41-37(45)34(25-12-4-2-5-13-25)46-28-21-19-27(20-22-28)40-36(44)33(23-29-30(38)16-10-17-31(29)39)42-35(43)26-14-6-3-7-15-26/h2-23,34H,1H3,(H,40,44)(H,41,45)(H,42,43)/b33-23-. The second kappa shape index (κ2) is 15.2. The molecular weight excluding hydrogens is 621 g/mol. The number of rotatable bonds is 10. The molecule has 0 aromatic heterocycles. The molecule has 1 unspecified atom stereocenters. The molecule has 230 valence electrons. The van der Waals surface area contributed by atoms with Crippen molar-refractivity contribution < 1.29 is 18.8 Å². The van der Waals surface area contributed by atoms with Gasteiger partial charge in [0.15, 0.2) is 0 Å². The van der Waals surface area contributed by atoms with Crippen molar-refractivity contribution in [2.45, 2.75) is 17.1 Å². The van der Waals surface area contributed by atoms with Gasteiger partial charge >= 0.3 is 0 Å². The lowest BCUT2D eigenvalue weighted by molar-refractivity contribution is -0.116. The third-order valence-electron chi connectivity index (χ3n) is 6.93. The molecule has 0 fully saturated rings. The van der Waals surface area contributed by atoms with Crippen LogP contribution >= 0.6 is 23.4 Å². The maximum absolute atomic E-state index is 14.6. The smallest absolute Gasteiger partial charge is 0.272 e. The Bertz CT molecular complexity index is 1860. The van der Waals surface area contributed by atoms with Crippen LogP contribution < -0.4 is 16.0 Å².